The van der Waals surface area contributed by atoms with Crippen LogP contribution in [-0.4, -0.2) is 0 Å². The first-order chi connectivity index (χ1) is 15.0. The van der Waals surface area contributed by atoms with Crippen molar-refractivity contribution in [2.45, 2.75) is 0 Å². The third kappa shape index (κ3) is 3.05. The van der Waals surface area contributed by atoms with Crippen molar-refractivity contribution < 1.29 is 22.0 Å². The summed E-state index contributed by atoms with van der Waals surface area (Å²) in [6.07, 6.45) is 0. The minimum atomic E-state index is -0.956. The summed E-state index contributed by atoms with van der Waals surface area (Å²) in [7, 11) is 0. The minimum absolute atomic E-state index is 0.0290. The molecule has 0 nitrogen and oxygen atoms in total. The van der Waals surface area contributed by atoms with Crippen LogP contribution in [0.25, 0.3) is 43.8 Å². The maximum absolute atomic E-state index is 15.2. The molecule has 0 unspecified atom stereocenters. The lowest BCUT2D eigenvalue weighted by Gasteiger charge is -2.19. The number of hydrogen-bond acceptors (Lipinski definition) is 0. The molecule has 5 aromatic carbocycles. The standard InChI is InChI=1S/C26H13F5/c27-15-6-8-17-19(12-15)24(18-9-7-16(28)13-22(18)31)26-21(30)11-10-20(29)25(26)23(17)14-4-2-1-3-5-14/h1-13H. The van der Waals surface area contributed by atoms with Gasteiger partial charge in [-0.15, -0.1) is 0 Å². The lowest BCUT2D eigenvalue weighted by molar-refractivity contribution is 0.585. The highest BCUT2D eigenvalue weighted by atomic mass is 19.1. The van der Waals surface area contributed by atoms with Crippen molar-refractivity contribution in [2.75, 3.05) is 0 Å². The van der Waals surface area contributed by atoms with Crippen LogP contribution in [-0.2, 0) is 0 Å². The first-order valence-corrected chi connectivity index (χ1v) is 9.49. The SMILES string of the molecule is Fc1ccc(-c2c3cc(F)ccc3c(-c3ccccc3)c3c(F)ccc(F)c23)c(F)c1. The van der Waals surface area contributed by atoms with Crippen LogP contribution >= 0.6 is 0 Å². The molecule has 5 aromatic rings. The molecular weight excluding hydrogens is 407 g/mol. The van der Waals surface area contributed by atoms with Gasteiger partial charge in [-0.3, -0.25) is 0 Å². The third-order valence-electron chi connectivity index (χ3n) is 5.39. The molecular formula is C26H13F5. The molecule has 0 bridgehead atoms. The van der Waals surface area contributed by atoms with Crippen LogP contribution in [0, 0.1) is 29.1 Å². The molecule has 0 atom stereocenters. The Morgan fingerprint density at radius 2 is 1.06 bits per heavy atom. The number of hydrogen-bond donors (Lipinski definition) is 0. The van der Waals surface area contributed by atoms with Crippen molar-refractivity contribution in [3.63, 3.8) is 0 Å². The largest absolute Gasteiger partial charge is 0.207 e. The van der Waals surface area contributed by atoms with Gasteiger partial charge < -0.3 is 0 Å². The van der Waals surface area contributed by atoms with Crippen molar-refractivity contribution >= 4 is 21.5 Å². The molecule has 5 heteroatoms. The number of fused-ring (bicyclic) bond motifs is 2. The monoisotopic (exact) mass is 420 g/mol. The summed E-state index contributed by atoms with van der Waals surface area (Å²) in [5.41, 5.74) is 0.790. The van der Waals surface area contributed by atoms with E-state index in [1.807, 2.05) is 0 Å². The van der Waals surface area contributed by atoms with E-state index in [0.29, 0.717) is 22.6 Å². The number of benzene rings is 5. The van der Waals surface area contributed by atoms with E-state index in [1.165, 1.54) is 12.1 Å². The Morgan fingerprint density at radius 3 is 1.74 bits per heavy atom. The normalized spacial score (nSPS) is 11.4. The van der Waals surface area contributed by atoms with Crippen molar-refractivity contribution in [3.8, 4) is 22.3 Å². The Kier molecular flexibility index (Phi) is 4.47. The van der Waals surface area contributed by atoms with E-state index in [0.717, 1.165) is 30.3 Å². The Balaban J connectivity index is 2.10. The van der Waals surface area contributed by atoms with Crippen molar-refractivity contribution in [1.82, 2.24) is 0 Å². The maximum atomic E-state index is 15.2. The zero-order valence-corrected chi connectivity index (χ0v) is 15.9. The van der Waals surface area contributed by atoms with Crippen molar-refractivity contribution in [2.24, 2.45) is 0 Å². The Hall–Kier alpha value is -3.73. The van der Waals surface area contributed by atoms with Crippen LogP contribution in [0.1, 0.15) is 0 Å². The van der Waals surface area contributed by atoms with Crippen LogP contribution in [0.3, 0.4) is 0 Å². The number of halogens is 5. The van der Waals surface area contributed by atoms with Crippen molar-refractivity contribution in [3.05, 3.63) is 108 Å². The summed E-state index contributed by atoms with van der Waals surface area (Å²) in [4.78, 5) is 0. The van der Waals surface area contributed by atoms with Gasteiger partial charge in [0.15, 0.2) is 0 Å². The predicted molar refractivity (Wildman–Crippen MR) is 112 cm³/mol. The zero-order valence-electron chi connectivity index (χ0n) is 15.9. The zero-order chi connectivity index (χ0) is 21.7. The molecule has 0 saturated heterocycles. The summed E-state index contributed by atoms with van der Waals surface area (Å²) in [5, 5.41) is 0.371. The first-order valence-electron chi connectivity index (χ1n) is 9.49. The molecule has 0 spiro atoms. The minimum Gasteiger partial charge on any atom is -0.207 e. The highest BCUT2D eigenvalue weighted by Gasteiger charge is 2.23. The second-order valence-corrected chi connectivity index (χ2v) is 7.21. The quantitative estimate of drug-likeness (QED) is 0.200. The summed E-state index contributed by atoms with van der Waals surface area (Å²) in [6, 6.07) is 17.4. The van der Waals surface area contributed by atoms with Gasteiger partial charge in [-0.2, -0.15) is 0 Å². The molecule has 31 heavy (non-hydrogen) atoms. The van der Waals surface area contributed by atoms with E-state index in [2.05, 4.69) is 0 Å². The van der Waals surface area contributed by atoms with Crippen LogP contribution < -0.4 is 0 Å². The average Bonchev–Trinajstić information content (AvgIpc) is 2.76. The summed E-state index contributed by atoms with van der Waals surface area (Å²) >= 11 is 0. The van der Waals surface area contributed by atoms with Gasteiger partial charge in [0, 0.05) is 33.5 Å². The third-order valence-corrected chi connectivity index (χ3v) is 5.39. The van der Waals surface area contributed by atoms with Gasteiger partial charge in [0.2, 0.25) is 0 Å². The second kappa shape index (κ2) is 7.20. The first kappa shape index (κ1) is 19.2. The van der Waals surface area contributed by atoms with Crippen LogP contribution in [0.4, 0.5) is 22.0 Å². The highest BCUT2D eigenvalue weighted by Crippen LogP contribution is 2.46. The van der Waals surface area contributed by atoms with Gasteiger partial charge >= 0.3 is 0 Å². The van der Waals surface area contributed by atoms with E-state index in [1.54, 1.807) is 30.3 Å². The van der Waals surface area contributed by atoms with Gasteiger partial charge in [0.05, 0.1) is 0 Å². The van der Waals surface area contributed by atoms with Gasteiger partial charge in [-0.1, -0.05) is 36.4 Å². The maximum Gasteiger partial charge on any atom is 0.133 e. The fraction of sp³-hybridized carbons (Fsp3) is 0. The van der Waals surface area contributed by atoms with E-state index in [4.69, 9.17) is 0 Å². The van der Waals surface area contributed by atoms with E-state index in [9.17, 15) is 13.2 Å². The molecule has 0 aliphatic carbocycles. The summed E-state index contributed by atoms with van der Waals surface area (Å²) in [6.45, 7) is 0. The summed E-state index contributed by atoms with van der Waals surface area (Å²) < 4.78 is 73.0. The molecule has 0 radical (unpaired) electrons. The molecule has 0 aliphatic rings. The van der Waals surface area contributed by atoms with Crippen LogP contribution in [0.2, 0.25) is 0 Å². The topological polar surface area (TPSA) is 0 Å². The Morgan fingerprint density at radius 1 is 0.452 bits per heavy atom. The lowest BCUT2D eigenvalue weighted by Crippen LogP contribution is -1.97. The highest BCUT2D eigenvalue weighted by molar-refractivity contribution is 6.21. The molecule has 0 fully saturated rings. The number of rotatable bonds is 2. The molecule has 0 aromatic heterocycles. The lowest BCUT2D eigenvalue weighted by atomic mass is 9.85. The summed E-state index contributed by atoms with van der Waals surface area (Å²) in [5.74, 6) is -3.88. The second-order valence-electron chi connectivity index (χ2n) is 7.21. The molecule has 0 saturated carbocycles. The molecule has 0 N–H and O–H groups in total. The van der Waals surface area contributed by atoms with Crippen LogP contribution in [0.5, 0.6) is 0 Å². The Bertz CT molecular complexity index is 1470. The fourth-order valence-electron chi connectivity index (χ4n) is 4.13. The van der Waals surface area contributed by atoms with Crippen molar-refractivity contribution in [1.29, 1.82) is 0 Å². The molecule has 0 amide bonds. The average molecular weight is 420 g/mol. The van der Waals surface area contributed by atoms with Gasteiger partial charge in [0.25, 0.3) is 0 Å². The van der Waals surface area contributed by atoms with E-state index < -0.39 is 29.1 Å². The molecule has 152 valence electrons. The Labute approximate surface area is 174 Å². The van der Waals surface area contributed by atoms with Gasteiger partial charge in [0.1, 0.15) is 29.1 Å². The smallest absolute Gasteiger partial charge is 0.133 e. The molecule has 0 heterocycles. The van der Waals surface area contributed by atoms with E-state index in [-0.39, 0.29) is 27.3 Å². The van der Waals surface area contributed by atoms with Gasteiger partial charge in [-0.05, 0) is 52.7 Å². The predicted octanol–water partition coefficient (Wildman–Crippen LogP) is 8.02. The molecule has 5 rings (SSSR count). The van der Waals surface area contributed by atoms with Gasteiger partial charge in [-0.25, -0.2) is 22.0 Å². The fourth-order valence-corrected chi connectivity index (χ4v) is 4.13. The molecule has 0 aliphatic heterocycles. The van der Waals surface area contributed by atoms with Crippen LogP contribution in [0.15, 0.2) is 78.9 Å². The van der Waals surface area contributed by atoms with E-state index >= 15 is 8.78 Å².